The van der Waals surface area contributed by atoms with E-state index in [0.29, 0.717) is 31.7 Å². The number of piperazine rings is 1. The van der Waals surface area contributed by atoms with Crippen LogP contribution >= 0.6 is 0 Å². The number of halogens is 1. The van der Waals surface area contributed by atoms with Crippen molar-refractivity contribution in [3.8, 4) is 0 Å². The summed E-state index contributed by atoms with van der Waals surface area (Å²) in [4.78, 5) is 2.47. The van der Waals surface area contributed by atoms with Crippen LogP contribution < -0.4 is 0 Å². The summed E-state index contributed by atoms with van der Waals surface area (Å²) in [6.07, 6.45) is 0. The van der Waals surface area contributed by atoms with Crippen molar-refractivity contribution in [3.05, 3.63) is 65.0 Å². The Kier molecular flexibility index (Phi) is 5.22. The molecule has 0 atom stereocenters. The molecule has 0 amide bonds. The number of sulfonamides is 1. The van der Waals surface area contributed by atoms with E-state index in [1.165, 1.54) is 33.6 Å². The summed E-state index contributed by atoms with van der Waals surface area (Å²) in [5, 5.41) is 0. The molecular weight excluding hydrogens is 339 g/mol. The van der Waals surface area contributed by atoms with Crippen LogP contribution in [-0.2, 0) is 16.6 Å². The van der Waals surface area contributed by atoms with Gasteiger partial charge in [0, 0.05) is 32.7 Å². The Morgan fingerprint density at radius 1 is 0.960 bits per heavy atom. The van der Waals surface area contributed by atoms with Gasteiger partial charge in [-0.05, 0) is 48.7 Å². The predicted molar refractivity (Wildman–Crippen MR) is 96.4 cm³/mol. The minimum atomic E-state index is -3.57. The second-order valence-electron chi connectivity index (χ2n) is 6.52. The van der Waals surface area contributed by atoms with Gasteiger partial charge in [-0.3, -0.25) is 4.90 Å². The van der Waals surface area contributed by atoms with Crippen LogP contribution in [0.1, 0.15) is 16.7 Å². The molecule has 4 nitrogen and oxygen atoms in total. The number of benzene rings is 2. The highest BCUT2D eigenvalue weighted by atomic mass is 32.2. The third-order valence-electron chi connectivity index (χ3n) is 4.74. The van der Waals surface area contributed by atoms with Crippen LogP contribution in [0, 0.1) is 19.7 Å². The quantitative estimate of drug-likeness (QED) is 0.840. The molecule has 2 aromatic rings. The van der Waals surface area contributed by atoms with Gasteiger partial charge in [-0.2, -0.15) is 4.31 Å². The number of nitrogens with zero attached hydrogens (tertiary/aromatic N) is 2. The van der Waals surface area contributed by atoms with E-state index in [1.807, 2.05) is 12.1 Å². The zero-order chi connectivity index (χ0) is 18.0. The summed E-state index contributed by atoms with van der Waals surface area (Å²) in [5.41, 5.74) is 2.97. The lowest BCUT2D eigenvalue weighted by Crippen LogP contribution is -2.48. The van der Waals surface area contributed by atoms with Gasteiger partial charge in [-0.25, -0.2) is 12.8 Å². The maximum atomic E-state index is 13.3. The van der Waals surface area contributed by atoms with E-state index < -0.39 is 15.8 Å². The molecule has 3 rings (SSSR count). The zero-order valence-corrected chi connectivity index (χ0v) is 15.4. The van der Waals surface area contributed by atoms with Crippen LogP contribution in [-0.4, -0.2) is 43.8 Å². The zero-order valence-electron chi connectivity index (χ0n) is 14.6. The van der Waals surface area contributed by atoms with Gasteiger partial charge in [-0.15, -0.1) is 0 Å². The third kappa shape index (κ3) is 3.92. The Morgan fingerprint density at radius 3 is 2.28 bits per heavy atom. The molecule has 134 valence electrons. The molecule has 0 aromatic heterocycles. The van der Waals surface area contributed by atoms with Crippen molar-refractivity contribution < 1.29 is 12.8 Å². The van der Waals surface area contributed by atoms with Gasteiger partial charge in [0.25, 0.3) is 0 Å². The summed E-state index contributed by atoms with van der Waals surface area (Å²) < 4.78 is 40.4. The highest BCUT2D eigenvalue weighted by Crippen LogP contribution is 2.22. The number of hydrogen-bond donors (Lipinski definition) is 0. The van der Waals surface area contributed by atoms with Gasteiger partial charge in [0.05, 0.1) is 4.90 Å². The van der Waals surface area contributed by atoms with Crippen molar-refractivity contribution in [1.82, 2.24) is 9.21 Å². The van der Waals surface area contributed by atoms with E-state index >= 15 is 0 Å². The fraction of sp³-hybridized carbons (Fsp3) is 0.368. The van der Waals surface area contributed by atoms with E-state index in [0.717, 1.165) is 6.54 Å². The Balaban J connectivity index is 1.68. The van der Waals surface area contributed by atoms with Crippen molar-refractivity contribution in [2.24, 2.45) is 0 Å². The Labute approximate surface area is 148 Å². The molecule has 1 saturated heterocycles. The lowest BCUT2D eigenvalue weighted by molar-refractivity contribution is 0.181. The number of hydrogen-bond acceptors (Lipinski definition) is 3. The van der Waals surface area contributed by atoms with Gasteiger partial charge in [0.2, 0.25) is 10.0 Å². The van der Waals surface area contributed by atoms with Crippen LogP contribution in [0.4, 0.5) is 4.39 Å². The molecule has 0 N–H and O–H groups in total. The molecule has 6 heteroatoms. The summed E-state index contributed by atoms with van der Waals surface area (Å²) >= 11 is 0. The molecule has 1 aliphatic rings. The second kappa shape index (κ2) is 7.23. The lowest BCUT2D eigenvalue weighted by atomic mass is 10.1. The number of rotatable bonds is 4. The average molecular weight is 362 g/mol. The van der Waals surface area contributed by atoms with Gasteiger partial charge in [-0.1, -0.05) is 24.3 Å². The SMILES string of the molecule is Cc1ccccc1CN1CCN(S(=O)(=O)c2ccc(F)cc2C)CC1. The normalized spacial score (nSPS) is 16.9. The van der Waals surface area contributed by atoms with Crippen LogP contribution in [0.5, 0.6) is 0 Å². The highest BCUT2D eigenvalue weighted by Gasteiger charge is 2.29. The van der Waals surface area contributed by atoms with Crippen LogP contribution in [0.25, 0.3) is 0 Å². The molecule has 0 unspecified atom stereocenters. The minimum absolute atomic E-state index is 0.196. The fourth-order valence-electron chi connectivity index (χ4n) is 3.20. The molecule has 0 saturated carbocycles. The molecule has 0 bridgehead atoms. The van der Waals surface area contributed by atoms with Crippen molar-refractivity contribution in [1.29, 1.82) is 0 Å². The van der Waals surface area contributed by atoms with Gasteiger partial charge in [0.15, 0.2) is 0 Å². The summed E-state index contributed by atoms with van der Waals surface area (Å²) in [7, 11) is -3.57. The molecular formula is C19H23FN2O2S. The molecule has 0 aliphatic carbocycles. The van der Waals surface area contributed by atoms with E-state index in [4.69, 9.17) is 0 Å². The minimum Gasteiger partial charge on any atom is -0.296 e. The maximum absolute atomic E-state index is 13.3. The van der Waals surface area contributed by atoms with Crippen molar-refractivity contribution in [2.45, 2.75) is 25.3 Å². The Morgan fingerprint density at radius 2 is 1.64 bits per heavy atom. The van der Waals surface area contributed by atoms with Crippen LogP contribution in [0.3, 0.4) is 0 Å². The first-order valence-corrected chi connectivity index (χ1v) is 9.85. The standard InChI is InChI=1S/C19H23FN2O2S/c1-15-5-3-4-6-17(15)14-21-9-11-22(12-10-21)25(23,24)19-8-7-18(20)13-16(19)2/h3-8,13H,9-12,14H2,1-2H3. The van der Waals surface area contributed by atoms with E-state index in [-0.39, 0.29) is 4.90 Å². The van der Waals surface area contributed by atoms with Gasteiger partial charge in [0.1, 0.15) is 5.82 Å². The molecule has 1 heterocycles. The smallest absolute Gasteiger partial charge is 0.243 e. The Bertz CT molecular complexity index is 859. The second-order valence-corrected chi connectivity index (χ2v) is 8.42. The molecule has 25 heavy (non-hydrogen) atoms. The largest absolute Gasteiger partial charge is 0.296 e. The monoisotopic (exact) mass is 362 g/mol. The molecule has 1 fully saturated rings. The molecule has 0 spiro atoms. The first-order chi connectivity index (χ1) is 11.9. The van der Waals surface area contributed by atoms with E-state index in [1.54, 1.807) is 6.92 Å². The summed E-state index contributed by atoms with van der Waals surface area (Å²) in [5.74, 6) is -0.417. The molecule has 2 aromatic carbocycles. The maximum Gasteiger partial charge on any atom is 0.243 e. The van der Waals surface area contributed by atoms with Crippen molar-refractivity contribution in [3.63, 3.8) is 0 Å². The fourth-order valence-corrected chi connectivity index (χ4v) is 4.83. The average Bonchev–Trinajstić information content (AvgIpc) is 2.57. The highest BCUT2D eigenvalue weighted by molar-refractivity contribution is 7.89. The summed E-state index contributed by atoms with van der Waals surface area (Å²) in [6, 6.07) is 12.1. The molecule has 1 aliphatic heterocycles. The predicted octanol–water partition coefficient (Wildman–Crippen LogP) is 2.95. The van der Waals surface area contributed by atoms with E-state index in [2.05, 4.69) is 24.0 Å². The van der Waals surface area contributed by atoms with Crippen LogP contribution in [0.2, 0.25) is 0 Å². The van der Waals surface area contributed by atoms with Crippen molar-refractivity contribution >= 4 is 10.0 Å². The first kappa shape index (κ1) is 18.0. The van der Waals surface area contributed by atoms with Crippen molar-refractivity contribution in [2.75, 3.05) is 26.2 Å². The third-order valence-corrected chi connectivity index (χ3v) is 6.80. The van der Waals surface area contributed by atoms with Crippen LogP contribution in [0.15, 0.2) is 47.4 Å². The van der Waals surface area contributed by atoms with E-state index in [9.17, 15) is 12.8 Å². The number of aryl methyl sites for hydroxylation is 2. The van der Waals surface area contributed by atoms with Gasteiger partial charge >= 0.3 is 0 Å². The topological polar surface area (TPSA) is 40.6 Å². The Hall–Kier alpha value is -1.76. The molecule has 0 radical (unpaired) electrons. The summed E-state index contributed by atoms with van der Waals surface area (Å²) in [6.45, 7) is 6.82. The first-order valence-electron chi connectivity index (χ1n) is 8.41. The van der Waals surface area contributed by atoms with Gasteiger partial charge < -0.3 is 0 Å². The lowest BCUT2D eigenvalue weighted by Gasteiger charge is -2.34.